The number of fused-ring (bicyclic) bond motifs is 1. The molecule has 1 N–H and O–H groups in total. The first-order chi connectivity index (χ1) is 8.40. The van der Waals surface area contributed by atoms with E-state index in [0.29, 0.717) is 0 Å². The Labute approximate surface area is 99.4 Å². The van der Waals surface area contributed by atoms with Crippen molar-refractivity contribution in [2.45, 2.75) is 13.1 Å². The van der Waals surface area contributed by atoms with E-state index in [1.54, 1.807) is 7.11 Å². The smallest absolute Gasteiger partial charge is 0.167 e. The van der Waals surface area contributed by atoms with Crippen LogP contribution in [-0.4, -0.2) is 28.4 Å². The van der Waals surface area contributed by atoms with Gasteiger partial charge in [-0.05, 0) is 12.1 Å². The lowest BCUT2D eigenvalue weighted by molar-refractivity contribution is 0.415. The van der Waals surface area contributed by atoms with Gasteiger partial charge in [0.1, 0.15) is 11.6 Å². The van der Waals surface area contributed by atoms with Crippen LogP contribution in [-0.2, 0) is 13.1 Å². The van der Waals surface area contributed by atoms with Crippen molar-refractivity contribution < 1.29 is 4.74 Å². The van der Waals surface area contributed by atoms with Crippen LogP contribution in [0.5, 0.6) is 5.75 Å². The summed E-state index contributed by atoms with van der Waals surface area (Å²) in [7, 11) is 1.67. The Morgan fingerprint density at radius 2 is 2.18 bits per heavy atom. The van der Waals surface area contributed by atoms with Gasteiger partial charge in [0.15, 0.2) is 5.82 Å². The SMILES string of the molecule is COc1ccccc1-c1nnc2n1CCNC2. The molecule has 17 heavy (non-hydrogen) atoms. The second kappa shape index (κ2) is 4.18. The Kier molecular flexibility index (Phi) is 2.53. The molecule has 1 aliphatic heterocycles. The molecule has 0 radical (unpaired) electrons. The van der Waals surface area contributed by atoms with E-state index in [1.165, 1.54) is 0 Å². The standard InChI is InChI=1S/C12H14N4O/c1-17-10-5-3-2-4-9(10)12-15-14-11-8-13-6-7-16(11)12/h2-5,13H,6-8H2,1H3. The van der Waals surface area contributed by atoms with Gasteiger partial charge >= 0.3 is 0 Å². The molecule has 88 valence electrons. The van der Waals surface area contributed by atoms with Crippen LogP contribution in [0.15, 0.2) is 24.3 Å². The summed E-state index contributed by atoms with van der Waals surface area (Å²) in [6, 6.07) is 7.90. The van der Waals surface area contributed by atoms with Crippen molar-refractivity contribution >= 4 is 0 Å². The van der Waals surface area contributed by atoms with E-state index in [-0.39, 0.29) is 0 Å². The third kappa shape index (κ3) is 1.68. The molecule has 0 bridgehead atoms. The zero-order chi connectivity index (χ0) is 11.7. The lowest BCUT2D eigenvalue weighted by Crippen LogP contribution is -2.28. The Hall–Kier alpha value is -1.88. The molecule has 0 amide bonds. The monoisotopic (exact) mass is 230 g/mol. The Bertz CT molecular complexity index is 535. The van der Waals surface area contributed by atoms with Gasteiger partial charge < -0.3 is 14.6 Å². The molecule has 0 saturated heterocycles. The molecule has 0 unspecified atom stereocenters. The molecule has 5 nitrogen and oxygen atoms in total. The molecule has 0 saturated carbocycles. The maximum absolute atomic E-state index is 5.36. The highest BCUT2D eigenvalue weighted by atomic mass is 16.5. The highest BCUT2D eigenvalue weighted by Gasteiger charge is 2.18. The number of benzene rings is 1. The lowest BCUT2D eigenvalue weighted by atomic mass is 10.2. The minimum Gasteiger partial charge on any atom is -0.496 e. The molecule has 0 aliphatic carbocycles. The van der Waals surface area contributed by atoms with Crippen molar-refractivity contribution in [3.63, 3.8) is 0 Å². The van der Waals surface area contributed by atoms with E-state index in [4.69, 9.17) is 4.74 Å². The van der Waals surface area contributed by atoms with Crippen LogP contribution in [0.1, 0.15) is 5.82 Å². The third-order valence-corrected chi connectivity index (χ3v) is 2.97. The fourth-order valence-corrected chi connectivity index (χ4v) is 2.12. The van der Waals surface area contributed by atoms with Gasteiger partial charge in [0.25, 0.3) is 0 Å². The predicted molar refractivity (Wildman–Crippen MR) is 63.7 cm³/mol. The number of hydrogen-bond donors (Lipinski definition) is 1. The summed E-state index contributed by atoms with van der Waals surface area (Å²) in [5.41, 5.74) is 0.996. The van der Waals surface area contributed by atoms with E-state index in [1.807, 2.05) is 24.3 Å². The fourth-order valence-electron chi connectivity index (χ4n) is 2.12. The Morgan fingerprint density at radius 3 is 3.06 bits per heavy atom. The molecule has 0 fully saturated rings. The lowest BCUT2D eigenvalue weighted by Gasteiger charge is -2.16. The summed E-state index contributed by atoms with van der Waals surface area (Å²) in [5, 5.41) is 11.8. The molecule has 3 rings (SSSR count). The summed E-state index contributed by atoms with van der Waals surface area (Å²) in [6.45, 7) is 2.63. The predicted octanol–water partition coefficient (Wildman–Crippen LogP) is 1.06. The van der Waals surface area contributed by atoms with Gasteiger partial charge in [-0.15, -0.1) is 10.2 Å². The van der Waals surface area contributed by atoms with Crippen molar-refractivity contribution in [2.24, 2.45) is 0 Å². The van der Waals surface area contributed by atoms with Crippen molar-refractivity contribution in [2.75, 3.05) is 13.7 Å². The molecule has 0 atom stereocenters. The van der Waals surface area contributed by atoms with Gasteiger partial charge in [0.2, 0.25) is 0 Å². The molecule has 0 spiro atoms. The zero-order valence-electron chi connectivity index (χ0n) is 9.68. The topological polar surface area (TPSA) is 52.0 Å². The van der Waals surface area contributed by atoms with E-state index < -0.39 is 0 Å². The average molecular weight is 230 g/mol. The number of nitrogens with one attached hydrogen (secondary N) is 1. The first kappa shape index (κ1) is 10.3. The second-order valence-corrected chi connectivity index (χ2v) is 3.97. The van der Waals surface area contributed by atoms with Gasteiger partial charge in [-0.2, -0.15) is 0 Å². The fraction of sp³-hybridized carbons (Fsp3) is 0.333. The molecule has 5 heteroatoms. The molecule has 2 heterocycles. The minimum atomic E-state index is 0.780. The number of methoxy groups -OCH3 is 1. The number of rotatable bonds is 2. The largest absolute Gasteiger partial charge is 0.496 e. The van der Waals surface area contributed by atoms with Gasteiger partial charge in [-0.3, -0.25) is 0 Å². The zero-order valence-corrected chi connectivity index (χ0v) is 9.68. The van der Waals surface area contributed by atoms with E-state index in [9.17, 15) is 0 Å². The van der Waals surface area contributed by atoms with Gasteiger partial charge in [0, 0.05) is 13.1 Å². The maximum atomic E-state index is 5.36. The quantitative estimate of drug-likeness (QED) is 0.838. The Balaban J connectivity index is 2.12. The van der Waals surface area contributed by atoms with Crippen LogP contribution in [0.3, 0.4) is 0 Å². The summed E-state index contributed by atoms with van der Waals surface area (Å²) in [5.74, 6) is 2.71. The number of aromatic nitrogens is 3. The summed E-state index contributed by atoms with van der Waals surface area (Å²) in [6.07, 6.45) is 0. The molecule has 1 aromatic carbocycles. The molecule has 1 aliphatic rings. The van der Waals surface area contributed by atoms with Crippen LogP contribution in [0.25, 0.3) is 11.4 Å². The first-order valence-corrected chi connectivity index (χ1v) is 5.66. The van der Waals surface area contributed by atoms with Crippen LogP contribution in [0.4, 0.5) is 0 Å². The molecular formula is C12H14N4O. The van der Waals surface area contributed by atoms with Gasteiger partial charge in [0.05, 0.1) is 19.2 Å². The highest BCUT2D eigenvalue weighted by molar-refractivity contribution is 5.64. The molecular weight excluding hydrogens is 216 g/mol. The third-order valence-electron chi connectivity index (χ3n) is 2.97. The van der Waals surface area contributed by atoms with Crippen LogP contribution < -0.4 is 10.1 Å². The van der Waals surface area contributed by atoms with Crippen LogP contribution >= 0.6 is 0 Å². The Morgan fingerprint density at radius 1 is 1.29 bits per heavy atom. The number of para-hydroxylation sites is 1. The molecule has 2 aromatic rings. The van der Waals surface area contributed by atoms with Gasteiger partial charge in [-0.1, -0.05) is 12.1 Å². The van der Waals surface area contributed by atoms with Crippen LogP contribution in [0.2, 0.25) is 0 Å². The van der Waals surface area contributed by atoms with E-state index in [0.717, 1.165) is 42.6 Å². The summed E-state index contributed by atoms with van der Waals surface area (Å²) < 4.78 is 7.51. The highest BCUT2D eigenvalue weighted by Crippen LogP contribution is 2.28. The van der Waals surface area contributed by atoms with Crippen molar-refractivity contribution in [3.8, 4) is 17.1 Å². The number of hydrogen-bond acceptors (Lipinski definition) is 4. The van der Waals surface area contributed by atoms with Gasteiger partial charge in [-0.25, -0.2) is 0 Å². The van der Waals surface area contributed by atoms with Crippen LogP contribution in [0, 0.1) is 0 Å². The summed E-state index contributed by atoms with van der Waals surface area (Å²) in [4.78, 5) is 0. The van der Waals surface area contributed by atoms with E-state index in [2.05, 4.69) is 20.1 Å². The van der Waals surface area contributed by atoms with Crippen molar-refractivity contribution in [1.29, 1.82) is 0 Å². The molecule has 1 aromatic heterocycles. The van der Waals surface area contributed by atoms with Crippen molar-refractivity contribution in [3.05, 3.63) is 30.1 Å². The first-order valence-electron chi connectivity index (χ1n) is 5.66. The summed E-state index contributed by atoms with van der Waals surface area (Å²) >= 11 is 0. The normalized spacial score (nSPS) is 14.4. The maximum Gasteiger partial charge on any atom is 0.167 e. The number of nitrogens with zero attached hydrogens (tertiary/aromatic N) is 3. The minimum absolute atomic E-state index is 0.780. The average Bonchev–Trinajstić information content (AvgIpc) is 2.82. The second-order valence-electron chi connectivity index (χ2n) is 3.97. The van der Waals surface area contributed by atoms with Crippen molar-refractivity contribution in [1.82, 2.24) is 20.1 Å². The van der Waals surface area contributed by atoms with E-state index >= 15 is 0 Å². The number of ether oxygens (including phenoxy) is 1.